The third-order valence-electron chi connectivity index (χ3n) is 1.90. The normalized spacial score (nSPS) is 14.2. The molecule has 0 fully saturated rings. The van der Waals surface area contributed by atoms with Crippen LogP contribution in [0, 0.1) is 5.92 Å². The number of rotatable bonds is 6. The number of carboxylic acids is 1. The van der Waals surface area contributed by atoms with Gasteiger partial charge >= 0.3 is 5.97 Å². The number of hydrogen-bond acceptors (Lipinski definition) is 2. The minimum atomic E-state index is -0.808. The lowest BCUT2D eigenvalue weighted by molar-refractivity contribution is -0.132. The van der Waals surface area contributed by atoms with Gasteiger partial charge in [-0.05, 0) is 37.7 Å². The van der Waals surface area contributed by atoms with Gasteiger partial charge in [-0.2, -0.15) is 11.8 Å². The highest BCUT2D eigenvalue weighted by Crippen LogP contribution is 2.12. The van der Waals surface area contributed by atoms with Crippen LogP contribution in [0.1, 0.15) is 26.7 Å². The van der Waals surface area contributed by atoms with Crippen LogP contribution in [0.4, 0.5) is 0 Å². The second-order valence-corrected chi connectivity index (χ2v) is 4.24. The number of thioether (sulfide) groups is 1. The molecule has 0 rings (SSSR count). The van der Waals surface area contributed by atoms with Gasteiger partial charge in [-0.25, -0.2) is 4.79 Å². The summed E-state index contributed by atoms with van der Waals surface area (Å²) >= 11 is 1.84. The summed E-state index contributed by atoms with van der Waals surface area (Å²) in [5, 5.41) is 8.58. The molecule has 0 aromatic heterocycles. The van der Waals surface area contributed by atoms with E-state index in [1.165, 1.54) is 0 Å². The Morgan fingerprint density at radius 1 is 1.62 bits per heavy atom. The first-order valence-corrected chi connectivity index (χ1v) is 5.86. The van der Waals surface area contributed by atoms with Crippen molar-refractivity contribution in [1.29, 1.82) is 0 Å². The molecule has 0 radical (unpaired) electrons. The molecule has 0 saturated carbocycles. The smallest absolute Gasteiger partial charge is 0.330 e. The third kappa shape index (κ3) is 6.70. The monoisotopic (exact) mass is 202 g/mol. The lowest BCUT2D eigenvalue weighted by Gasteiger charge is -2.06. The maximum absolute atomic E-state index is 10.4. The Morgan fingerprint density at radius 2 is 2.23 bits per heavy atom. The van der Waals surface area contributed by atoms with Gasteiger partial charge in [0.05, 0.1) is 0 Å². The zero-order chi connectivity index (χ0) is 10.3. The van der Waals surface area contributed by atoms with Crippen molar-refractivity contribution in [1.82, 2.24) is 0 Å². The first-order valence-electron chi connectivity index (χ1n) is 4.47. The topological polar surface area (TPSA) is 37.3 Å². The van der Waals surface area contributed by atoms with Crippen LogP contribution in [0.2, 0.25) is 0 Å². The summed E-state index contributed by atoms with van der Waals surface area (Å²) in [4.78, 5) is 10.4. The highest BCUT2D eigenvalue weighted by Gasteiger charge is 2.01. The molecule has 2 nitrogen and oxygen atoms in total. The van der Waals surface area contributed by atoms with Crippen molar-refractivity contribution < 1.29 is 9.90 Å². The van der Waals surface area contributed by atoms with E-state index in [1.54, 1.807) is 13.0 Å². The number of carboxylic acid groups (broad SMARTS) is 1. The summed E-state index contributed by atoms with van der Waals surface area (Å²) < 4.78 is 0. The second kappa shape index (κ2) is 7.01. The summed E-state index contributed by atoms with van der Waals surface area (Å²) in [7, 11) is 0. The first kappa shape index (κ1) is 12.6. The van der Waals surface area contributed by atoms with Gasteiger partial charge in [0.15, 0.2) is 0 Å². The fourth-order valence-corrected chi connectivity index (χ4v) is 1.78. The summed E-state index contributed by atoms with van der Waals surface area (Å²) in [5.74, 6) is 1.02. The zero-order valence-corrected chi connectivity index (χ0v) is 9.36. The molecular formula is C10H18O2S. The molecule has 3 heteroatoms. The molecular weight excluding hydrogens is 184 g/mol. The molecule has 0 aliphatic heterocycles. The Morgan fingerprint density at radius 3 is 2.69 bits per heavy atom. The quantitative estimate of drug-likeness (QED) is 0.673. The van der Waals surface area contributed by atoms with E-state index in [1.807, 2.05) is 11.8 Å². The molecule has 1 atom stereocenters. The third-order valence-corrected chi connectivity index (χ3v) is 2.80. The van der Waals surface area contributed by atoms with E-state index in [0.717, 1.165) is 18.6 Å². The molecule has 0 spiro atoms. The highest BCUT2D eigenvalue weighted by atomic mass is 32.2. The molecule has 76 valence electrons. The average Bonchev–Trinajstić information content (AvgIpc) is 2.04. The fraction of sp³-hybridized carbons (Fsp3) is 0.700. The molecule has 0 heterocycles. The van der Waals surface area contributed by atoms with Gasteiger partial charge in [0, 0.05) is 5.57 Å². The van der Waals surface area contributed by atoms with Crippen LogP contribution in [0.3, 0.4) is 0 Å². The van der Waals surface area contributed by atoms with E-state index >= 15 is 0 Å². The molecule has 0 saturated heterocycles. The van der Waals surface area contributed by atoms with Crippen LogP contribution in [-0.2, 0) is 4.79 Å². The molecule has 0 aliphatic rings. The van der Waals surface area contributed by atoms with Gasteiger partial charge in [0.2, 0.25) is 0 Å². The zero-order valence-electron chi connectivity index (χ0n) is 8.54. The van der Waals surface area contributed by atoms with Crippen LogP contribution in [0.25, 0.3) is 0 Å². The number of carbonyl (C=O) groups is 1. The molecule has 1 unspecified atom stereocenters. The molecule has 1 N–H and O–H groups in total. The van der Waals surface area contributed by atoms with E-state index in [0.29, 0.717) is 11.5 Å². The van der Waals surface area contributed by atoms with Crippen LogP contribution < -0.4 is 0 Å². The van der Waals surface area contributed by atoms with Gasteiger partial charge in [-0.1, -0.05) is 13.0 Å². The van der Waals surface area contributed by atoms with Crippen molar-refractivity contribution in [3.05, 3.63) is 11.6 Å². The van der Waals surface area contributed by atoms with Gasteiger partial charge in [0.1, 0.15) is 0 Å². The maximum atomic E-state index is 10.4. The van der Waals surface area contributed by atoms with Crippen LogP contribution >= 0.6 is 11.8 Å². The minimum absolute atomic E-state index is 0.455. The van der Waals surface area contributed by atoms with Gasteiger partial charge in [0.25, 0.3) is 0 Å². The van der Waals surface area contributed by atoms with Crippen LogP contribution in [-0.4, -0.2) is 23.1 Å². The summed E-state index contributed by atoms with van der Waals surface area (Å²) in [6.07, 6.45) is 5.85. The van der Waals surface area contributed by atoms with Gasteiger partial charge in [-0.3, -0.25) is 0 Å². The largest absolute Gasteiger partial charge is 0.478 e. The summed E-state index contributed by atoms with van der Waals surface area (Å²) in [5.41, 5.74) is 0.455. The maximum Gasteiger partial charge on any atom is 0.330 e. The van der Waals surface area contributed by atoms with Crippen LogP contribution in [0.15, 0.2) is 11.6 Å². The van der Waals surface area contributed by atoms with Crippen molar-refractivity contribution in [3.63, 3.8) is 0 Å². The number of hydrogen-bond donors (Lipinski definition) is 1. The second-order valence-electron chi connectivity index (χ2n) is 3.33. The van der Waals surface area contributed by atoms with Crippen molar-refractivity contribution >= 4 is 17.7 Å². The van der Waals surface area contributed by atoms with Crippen LogP contribution in [0.5, 0.6) is 0 Å². The van der Waals surface area contributed by atoms with Crippen molar-refractivity contribution in [2.75, 3.05) is 12.0 Å². The fourth-order valence-electron chi connectivity index (χ4n) is 1.04. The first-order chi connectivity index (χ1) is 6.07. The Kier molecular flexibility index (Phi) is 6.77. The van der Waals surface area contributed by atoms with Crippen molar-refractivity contribution in [2.45, 2.75) is 26.7 Å². The van der Waals surface area contributed by atoms with Gasteiger partial charge < -0.3 is 5.11 Å². The number of aliphatic carboxylic acids is 1. The van der Waals surface area contributed by atoms with E-state index in [4.69, 9.17) is 5.11 Å². The minimum Gasteiger partial charge on any atom is -0.478 e. The molecule has 0 aliphatic carbocycles. The van der Waals surface area contributed by atoms with E-state index in [2.05, 4.69) is 13.2 Å². The SMILES string of the molecule is CSCC(C)CC/C=C(\C)C(=O)O. The van der Waals surface area contributed by atoms with Crippen molar-refractivity contribution in [2.24, 2.45) is 5.92 Å². The Balaban J connectivity index is 3.65. The Bertz CT molecular complexity index is 187. The Hall–Kier alpha value is -0.440. The standard InChI is InChI=1S/C10H18O2S/c1-8(7-13-3)5-4-6-9(2)10(11)12/h6,8H,4-5,7H2,1-3H3,(H,11,12)/b9-6+. The average molecular weight is 202 g/mol. The molecule has 0 aromatic rings. The Labute approximate surface area is 84.4 Å². The van der Waals surface area contributed by atoms with E-state index in [-0.39, 0.29) is 0 Å². The molecule has 13 heavy (non-hydrogen) atoms. The summed E-state index contributed by atoms with van der Waals surface area (Å²) in [6.45, 7) is 3.84. The molecule has 0 bridgehead atoms. The predicted octanol–water partition coefficient (Wildman–Crippen LogP) is 2.80. The van der Waals surface area contributed by atoms with E-state index in [9.17, 15) is 4.79 Å². The molecule has 0 aromatic carbocycles. The predicted molar refractivity (Wildman–Crippen MR) is 58.2 cm³/mol. The lowest BCUT2D eigenvalue weighted by Crippen LogP contribution is -1.99. The van der Waals surface area contributed by atoms with Gasteiger partial charge in [-0.15, -0.1) is 0 Å². The van der Waals surface area contributed by atoms with E-state index < -0.39 is 5.97 Å². The molecule has 0 amide bonds. The lowest BCUT2D eigenvalue weighted by atomic mass is 10.1. The number of allylic oxidation sites excluding steroid dienone is 1. The van der Waals surface area contributed by atoms with Crippen molar-refractivity contribution in [3.8, 4) is 0 Å². The highest BCUT2D eigenvalue weighted by molar-refractivity contribution is 7.98. The summed E-state index contributed by atoms with van der Waals surface area (Å²) in [6, 6.07) is 0.